The molecule has 16 heavy (non-hydrogen) atoms. The average molecular weight is 224 g/mol. The second-order valence-electron chi connectivity index (χ2n) is 3.06. The lowest BCUT2D eigenvalue weighted by atomic mass is 10.3. The minimum atomic E-state index is -1.09. The third kappa shape index (κ3) is 2.91. The van der Waals surface area contributed by atoms with Crippen molar-refractivity contribution < 1.29 is 14.7 Å². The molecule has 0 aliphatic heterocycles. The fraction of sp³-hybridized carbons (Fsp3) is 0.333. The minimum absolute atomic E-state index is 0.00104. The number of carboxylic acid groups (broad SMARTS) is 1. The van der Waals surface area contributed by atoms with Gasteiger partial charge >= 0.3 is 5.97 Å². The van der Waals surface area contributed by atoms with Gasteiger partial charge in [-0.05, 0) is 6.92 Å². The number of hydrogen-bond acceptors (Lipinski definition) is 5. The van der Waals surface area contributed by atoms with Gasteiger partial charge in [-0.1, -0.05) is 0 Å². The molecule has 0 unspecified atom stereocenters. The molecule has 0 aromatic carbocycles. The van der Waals surface area contributed by atoms with Crippen LogP contribution in [0.3, 0.4) is 0 Å². The van der Waals surface area contributed by atoms with Crippen molar-refractivity contribution in [2.75, 3.05) is 18.0 Å². The lowest BCUT2D eigenvalue weighted by Gasteiger charge is -2.18. The number of aromatic carboxylic acids is 1. The quantitative estimate of drug-likeness (QED) is 0.696. The van der Waals surface area contributed by atoms with Gasteiger partial charge in [0, 0.05) is 18.9 Å². The highest BCUT2D eigenvalue weighted by molar-refractivity contribution is 5.86. The number of carboxylic acids is 1. The standard InChI is InChI=1S/C9H12N4O3/c1-2-13(5-7(10)14)9-11-3-6(4-12-9)8(15)16/h3-4H,2,5H2,1H3,(H2,10,14)(H,15,16). The second-order valence-corrected chi connectivity index (χ2v) is 3.06. The number of nitrogens with zero attached hydrogens (tertiary/aromatic N) is 3. The van der Waals surface area contributed by atoms with Crippen molar-refractivity contribution in [1.82, 2.24) is 9.97 Å². The zero-order valence-electron chi connectivity index (χ0n) is 8.75. The van der Waals surface area contributed by atoms with E-state index < -0.39 is 11.9 Å². The van der Waals surface area contributed by atoms with Crippen LogP contribution in [0.2, 0.25) is 0 Å². The molecule has 1 heterocycles. The van der Waals surface area contributed by atoms with Crippen LogP contribution in [0.5, 0.6) is 0 Å². The zero-order chi connectivity index (χ0) is 12.1. The van der Waals surface area contributed by atoms with Crippen LogP contribution in [-0.2, 0) is 4.79 Å². The van der Waals surface area contributed by atoms with Gasteiger partial charge in [-0.25, -0.2) is 14.8 Å². The number of likely N-dealkylation sites (N-methyl/N-ethyl adjacent to an activating group) is 1. The summed E-state index contributed by atoms with van der Waals surface area (Å²) in [5.74, 6) is -1.30. The number of hydrogen-bond donors (Lipinski definition) is 2. The summed E-state index contributed by atoms with van der Waals surface area (Å²) in [5.41, 5.74) is 5.05. The first-order chi connectivity index (χ1) is 7.54. The number of carbonyl (C=O) groups excluding carboxylic acids is 1. The number of carbonyl (C=O) groups is 2. The van der Waals surface area contributed by atoms with Crippen molar-refractivity contribution in [3.63, 3.8) is 0 Å². The van der Waals surface area contributed by atoms with Crippen LogP contribution >= 0.6 is 0 Å². The largest absolute Gasteiger partial charge is 0.478 e. The second kappa shape index (κ2) is 5.06. The molecule has 1 rings (SSSR count). The van der Waals surface area contributed by atoms with Gasteiger partial charge in [-0.3, -0.25) is 4.79 Å². The summed E-state index contributed by atoms with van der Waals surface area (Å²) < 4.78 is 0. The van der Waals surface area contributed by atoms with Crippen molar-refractivity contribution >= 4 is 17.8 Å². The van der Waals surface area contributed by atoms with Gasteiger partial charge < -0.3 is 15.7 Å². The van der Waals surface area contributed by atoms with Crippen LogP contribution in [0, 0.1) is 0 Å². The summed E-state index contributed by atoms with van der Waals surface area (Å²) in [7, 11) is 0. The molecular weight excluding hydrogens is 212 g/mol. The van der Waals surface area contributed by atoms with E-state index in [1.165, 1.54) is 12.4 Å². The molecule has 0 aliphatic rings. The molecule has 0 atom stereocenters. The first-order valence-corrected chi connectivity index (χ1v) is 4.63. The summed E-state index contributed by atoms with van der Waals surface area (Å²) in [6.07, 6.45) is 2.38. The van der Waals surface area contributed by atoms with Crippen LogP contribution in [-0.4, -0.2) is 40.0 Å². The number of anilines is 1. The highest BCUT2D eigenvalue weighted by Gasteiger charge is 2.11. The first-order valence-electron chi connectivity index (χ1n) is 4.63. The molecule has 0 spiro atoms. The van der Waals surface area contributed by atoms with E-state index in [0.717, 1.165) is 0 Å². The molecule has 7 heteroatoms. The molecule has 0 fully saturated rings. The minimum Gasteiger partial charge on any atom is -0.478 e. The number of primary amides is 1. The Morgan fingerprint density at radius 3 is 2.38 bits per heavy atom. The number of rotatable bonds is 5. The van der Waals surface area contributed by atoms with E-state index in [2.05, 4.69) is 9.97 Å². The maximum Gasteiger partial charge on any atom is 0.338 e. The summed E-state index contributed by atoms with van der Waals surface area (Å²) in [6.45, 7) is 2.33. The first kappa shape index (κ1) is 11.9. The van der Waals surface area contributed by atoms with Crippen LogP contribution < -0.4 is 10.6 Å². The fourth-order valence-electron chi connectivity index (χ4n) is 1.11. The lowest BCUT2D eigenvalue weighted by Crippen LogP contribution is -2.34. The molecule has 7 nitrogen and oxygen atoms in total. The van der Waals surface area contributed by atoms with E-state index in [9.17, 15) is 9.59 Å². The Balaban J connectivity index is 2.86. The third-order valence-electron chi connectivity index (χ3n) is 1.90. The lowest BCUT2D eigenvalue weighted by molar-refractivity contribution is -0.116. The Labute approximate surface area is 91.9 Å². The Morgan fingerprint density at radius 2 is 2.00 bits per heavy atom. The molecule has 3 N–H and O–H groups in total. The predicted octanol–water partition coefficient (Wildman–Crippen LogP) is -0.514. The molecule has 0 saturated heterocycles. The van der Waals surface area contributed by atoms with Crippen LogP contribution in [0.1, 0.15) is 17.3 Å². The Bertz CT molecular complexity index is 390. The van der Waals surface area contributed by atoms with Gasteiger partial charge in [-0.2, -0.15) is 0 Å². The number of amides is 1. The Hall–Kier alpha value is -2.18. The molecule has 0 aliphatic carbocycles. The maximum absolute atomic E-state index is 10.7. The third-order valence-corrected chi connectivity index (χ3v) is 1.90. The highest BCUT2D eigenvalue weighted by Crippen LogP contribution is 2.06. The van der Waals surface area contributed by atoms with E-state index in [0.29, 0.717) is 6.54 Å². The van der Waals surface area contributed by atoms with E-state index in [1.54, 1.807) is 4.90 Å². The Kier molecular flexibility index (Phi) is 3.76. The van der Waals surface area contributed by atoms with E-state index in [1.807, 2.05) is 6.92 Å². The van der Waals surface area contributed by atoms with E-state index in [4.69, 9.17) is 10.8 Å². The number of nitrogens with two attached hydrogens (primary N) is 1. The van der Waals surface area contributed by atoms with Gasteiger partial charge in [0.1, 0.15) is 0 Å². The topological polar surface area (TPSA) is 109 Å². The normalized spacial score (nSPS) is 9.81. The highest BCUT2D eigenvalue weighted by atomic mass is 16.4. The maximum atomic E-state index is 10.7. The molecule has 0 bridgehead atoms. The van der Waals surface area contributed by atoms with Crippen molar-refractivity contribution in [2.24, 2.45) is 5.73 Å². The van der Waals surface area contributed by atoms with E-state index in [-0.39, 0.29) is 18.1 Å². The van der Waals surface area contributed by atoms with Gasteiger partial charge in [0.05, 0.1) is 12.1 Å². The monoisotopic (exact) mass is 224 g/mol. The molecule has 0 saturated carbocycles. The summed E-state index contributed by atoms with van der Waals surface area (Å²) in [4.78, 5) is 30.6. The van der Waals surface area contributed by atoms with Gasteiger partial charge in [0.2, 0.25) is 11.9 Å². The van der Waals surface area contributed by atoms with Gasteiger partial charge in [0.15, 0.2) is 0 Å². The van der Waals surface area contributed by atoms with Gasteiger partial charge in [0.25, 0.3) is 0 Å². The molecule has 86 valence electrons. The van der Waals surface area contributed by atoms with Crippen LogP contribution in [0.25, 0.3) is 0 Å². The van der Waals surface area contributed by atoms with Crippen molar-refractivity contribution in [3.8, 4) is 0 Å². The predicted molar refractivity (Wildman–Crippen MR) is 56.1 cm³/mol. The summed E-state index contributed by atoms with van der Waals surface area (Å²) in [5, 5.41) is 8.65. The van der Waals surface area contributed by atoms with Crippen molar-refractivity contribution in [1.29, 1.82) is 0 Å². The molecule has 0 radical (unpaired) electrons. The zero-order valence-corrected chi connectivity index (χ0v) is 8.75. The smallest absolute Gasteiger partial charge is 0.338 e. The SMILES string of the molecule is CCN(CC(N)=O)c1ncc(C(=O)O)cn1. The molecule has 1 aromatic rings. The van der Waals surface area contributed by atoms with Crippen molar-refractivity contribution in [3.05, 3.63) is 18.0 Å². The molecule has 1 amide bonds. The number of aromatic nitrogens is 2. The molecule has 1 aromatic heterocycles. The average Bonchev–Trinajstić information content (AvgIpc) is 2.25. The summed E-state index contributed by atoms with van der Waals surface area (Å²) in [6, 6.07) is 0. The molecular formula is C9H12N4O3. The van der Waals surface area contributed by atoms with Crippen LogP contribution in [0.15, 0.2) is 12.4 Å². The Morgan fingerprint density at radius 1 is 1.44 bits per heavy atom. The van der Waals surface area contributed by atoms with Crippen molar-refractivity contribution in [2.45, 2.75) is 6.92 Å². The van der Waals surface area contributed by atoms with E-state index >= 15 is 0 Å². The van der Waals surface area contributed by atoms with Gasteiger partial charge in [-0.15, -0.1) is 0 Å². The summed E-state index contributed by atoms with van der Waals surface area (Å²) >= 11 is 0. The fourth-order valence-corrected chi connectivity index (χ4v) is 1.11. The van der Waals surface area contributed by atoms with Crippen LogP contribution in [0.4, 0.5) is 5.95 Å².